The summed E-state index contributed by atoms with van der Waals surface area (Å²) >= 11 is 0. The molecule has 0 aromatic carbocycles. The van der Waals surface area contributed by atoms with Crippen molar-refractivity contribution in [2.75, 3.05) is 19.6 Å². The van der Waals surface area contributed by atoms with Crippen molar-refractivity contribution in [2.24, 2.45) is 11.7 Å². The number of nitrogens with two attached hydrogens (primary N) is 1. The highest BCUT2D eigenvalue weighted by atomic mass is 16.2. The van der Waals surface area contributed by atoms with Crippen LogP contribution in [0.3, 0.4) is 0 Å². The first-order valence-electron chi connectivity index (χ1n) is 4.47. The molecule has 0 spiro atoms. The van der Waals surface area contributed by atoms with Gasteiger partial charge in [-0.05, 0) is 13.0 Å². The second-order valence-electron chi connectivity index (χ2n) is 3.20. The van der Waals surface area contributed by atoms with E-state index in [-0.39, 0.29) is 24.2 Å². The first kappa shape index (κ1) is 9.98. The van der Waals surface area contributed by atoms with E-state index >= 15 is 0 Å². The van der Waals surface area contributed by atoms with Crippen molar-refractivity contribution in [3.05, 3.63) is 0 Å². The van der Waals surface area contributed by atoms with E-state index in [4.69, 9.17) is 5.73 Å². The fourth-order valence-electron chi connectivity index (χ4n) is 1.33. The SMILES string of the molecule is NC(=O)CCNC(=O)C1CCNC1. The minimum Gasteiger partial charge on any atom is -0.370 e. The summed E-state index contributed by atoms with van der Waals surface area (Å²) in [5.74, 6) is -0.302. The molecule has 0 saturated carbocycles. The Morgan fingerprint density at radius 2 is 2.31 bits per heavy atom. The Hall–Kier alpha value is -1.10. The minimum absolute atomic E-state index is 0.0197. The van der Waals surface area contributed by atoms with E-state index in [0.717, 1.165) is 19.5 Å². The highest BCUT2D eigenvalue weighted by molar-refractivity contribution is 5.80. The molecular weight excluding hydrogens is 170 g/mol. The standard InChI is InChI=1S/C8H15N3O2/c9-7(12)2-4-11-8(13)6-1-3-10-5-6/h6,10H,1-5H2,(H2,9,12)(H,11,13). The fourth-order valence-corrected chi connectivity index (χ4v) is 1.33. The van der Waals surface area contributed by atoms with Crippen LogP contribution in [0.5, 0.6) is 0 Å². The van der Waals surface area contributed by atoms with Gasteiger partial charge in [0.25, 0.3) is 0 Å². The van der Waals surface area contributed by atoms with Gasteiger partial charge in [-0.2, -0.15) is 0 Å². The van der Waals surface area contributed by atoms with Gasteiger partial charge in [0.05, 0.1) is 5.92 Å². The highest BCUT2D eigenvalue weighted by Crippen LogP contribution is 2.06. The monoisotopic (exact) mass is 185 g/mol. The van der Waals surface area contributed by atoms with Crippen LogP contribution in [-0.2, 0) is 9.59 Å². The van der Waals surface area contributed by atoms with E-state index in [0.29, 0.717) is 6.54 Å². The molecule has 0 bridgehead atoms. The number of carbonyl (C=O) groups is 2. The largest absolute Gasteiger partial charge is 0.370 e. The number of carbonyl (C=O) groups excluding carboxylic acids is 2. The van der Waals surface area contributed by atoms with Crippen LogP contribution in [0.4, 0.5) is 0 Å². The average molecular weight is 185 g/mol. The highest BCUT2D eigenvalue weighted by Gasteiger charge is 2.21. The summed E-state index contributed by atoms with van der Waals surface area (Å²) in [5.41, 5.74) is 4.93. The molecule has 1 atom stereocenters. The molecule has 0 aliphatic carbocycles. The Kier molecular flexibility index (Phi) is 3.70. The lowest BCUT2D eigenvalue weighted by atomic mass is 10.1. The Balaban J connectivity index is 2.13. The van der Waals surface area contributed by atoms with E-state index in [1.165, 1.54) is 0 Å². The molecule has 4 N–H and O–H groups in total. The topological polar surface area (TPSA) is 84.2 Å². The van der Waals surface area contributed by atoms with E-state index in [2.05, 4.69) is 10.6 Å². The number of nitrogens with one attached hydrogen (secondary N) is 2. The van der Waals surface area contributed by atoms with Crippen molar-refractivity contribution in [1.82, 2.24) is 10.6 Å². The summed E-state index contributed by atoms with van der Waals surface area (Å²) in [6.07, 6.45) is 1.09. The van der Waals surface area contributed by atoms with Gasteiger partial charge in [0.2, 0.25) is 11.8 Å². The van der Waals surface area contributed by atoms with Gasteiger partial charge in [-0.15, -0.1) is 0 Å². The lowest BCUT2D eigenvalue weighted by Gasteiger charge is -2.08. The Morgan fingerprint density at radius 1 is 1.54 bits per heavy atom. The molecule has 1 saturated heterocycles. The molecule has 0 aromatic rings. The third-order valence-electron chi connectivity index (χ3n) is 2.10. The molecular formula is C8H15N3O2. The van der Waals surface area contributed by atoms with Gasteiger partial charge in [-0.1, -0.05) is 0 Å². The van der Waals surface area contributed by atoms with Gasteiger partial charge in [0.1, 0.15) is 0 Å². The van der Waals surface area contributed by atoms with E-state index in [1.807, 2.05) is 0 Å². The summed E-state index contributed by atoms with van der Waals surface area (Å²) in [5, 5.41) is 5.78. The van der Waals surface area contributed by atoms with Crippen LogP contribution in [0, 0.1) is 5.92 Å². The van der Waals surface area contributed by atoms with E-state index in [1.54, 1.807) is 0 Å². The number of hydrogen-bond donors (Lipinski definition) is 3. The third kappa shape index (κ3) is 3.42. The lowest BCUT2D eigenvalue weighted by Crippen LogP contribution is -2.34. The third-order valence-corrected chi connectivity index (χ3v) is 2.10. The molecule has 1 fully saturated rings. The van der Waals surface area contributed by atoms with E-state index < -0.39 is 0 Å². The second-order valence-corrected chi connectivity index (χ2v) is 3.20. The first-order chi connectivity index (χ1) is 6.20. The van der Waals surface area contributed by atoms with Gasteiger partial charge < -0.3 is 16.4 Å². The Morgan fingerprint density at radius 3 is 2.85 bits per heavy atom. The van der Waals surface area contributed by atoms with Gasteiger partial charge in [-0.3, -0.25) is 9.59 Å². The van der Waals surface area contributed by atoms with Gasteiger partial charge in [-0.25, -0.2) is 0 Å². The zero-order valence-electron chi connectivity index (χ0n) is 7.51. The van der Waals surface area contributed by atoms with Crippen LogP contribution in [0.2, 0.25) is 0 Å². The number of rotatable bonds is 4. The van der Waals surface area contributed by atoms with Gasteiger partial charge in [0, 0.05) is 19.5 Å². The van der Waals surface area contributed by atoms with Crippen molar-refractivity contribution in [1.29, 1.82) is 0 Å². The fraction of sp³-hybridized carbons (Fsp3) is 0.750. The van der Waals surface area contributed by atoms with Crippen LogP contribution in [0.25, 0.3) is 0 Å². The first-order valence-corrected chi connectivity index (χ1v) is 4.47. The summed E-state index contributed by atoms with van der Waals surface area (Å²) in [7, 11) is 0. The normalized spacial score (nSPS) is 21.4. The molecule has 1 unspecified atom stereocenters. The van der Waals surface area contributed by atoms with Crippen LogP contribution < -0.4 is 16.4 Å². The molecule has 2 amide bonds. The maximum absolute atomic E-state index is 11.3. The molecule has 1 heterocycles. The van der Waals surface area contributed by atoms with Crippen molar-refractivity contribution in [3.8, 4) is 0 Å². The van der Waals surface area contributed by atoms with Crippen molar-refractivity contribution in [2.45, 2.75) is 12.8 Å². The summed E-state index contributed by atoms with van der Waals surface area (Å²) < 4.78 is 0. The molecule has 13 heavy (non-hydrogen) atoms. The quantitative estimate of drug-likeness (QED) is 0.503. The molecule has 5 nitrogen and oxygen atoms in total. The van der Waals surface area contributed by atoms with Crippen LogP contribution in [0.1, 0.15) is 12.8 Å². The van der Waals surface area contributed by atoms with Gasteiger partial charge in [0.15, 0.2) is 0 Å². The zero-order chi connectivity index (χ0) is 9.68. The number of hydrogen-bond acceptors (Lipinski definition) is 3. The smallest absolute Gasteiger partial charge is 0.224 e. The summed E-state index contributed by atoms with van der Waals surface area (Å²) in [6, 6.07) is 0. The van der Waals surface area contributed by atoms with Gasteiger partial charge >= 0.3 is 0 Å². The van der Waals surface area contributed by atoms with Crippen molar-refractivity contribution in [3.63, 3.8) is 0 Å². The molecule has 1 rings (SSSR count). The molecule has 74 valence electrons. The zero-order valence-corrected chi connectivity index (χ0v) is 7.51. The minimum atomic E-state index is -0.384. The molecule has 0 radical (unpaired) electrons. The van der Waals surface area contributed by atoms with E-state index in [9.17, 15) is 9.59 Å². The van der Waals surface area contributed by atoms with Crippen LogP contribution >= 0.6 is 0 Å². The summed E-state index contributed by atoms with van der Waals surface area (Å²) in [6.45, 7) is 1.99. The lowest BCUT2D eigenvalue weighted by molar-refractivity contribution is -0.124. The Bertz CT molecular complexity index is 200. The number of amides is 2. The van der Waals surface area contributed by atoms with Crippen LogP contribution in [0.15, 0.2) is 0 Å². The number of primary amides is 1. The second kappa shape index (κ2) is 4.81. The molecule has 5 heteroatoms. The van der Waals surface area contributed by atoms with Crippen molar-refractivity contribution < 1.29 is 9.59 Å². The molecule has 1 aliphatic heterocycles. The molecule has 1 aliphatic rings. The summed E-state index contributed by atoms with van der Waals surface area (Å²) in [4.78, 5) is 21.7. The maximum atomic E-state index is 11.3. The van der Waals surface area contributed by atoms with Crippen LogP contribution in [-0.4, -0.2) is 31.4 Å². The Labute approximate surface area is 77.1 Å². The maximum Gasteiger partial charge on any atom is 0.224 e. The predicted octanol–water partition coefficient (Wildman–Crippen LogP) is -1.41. The predicted molar refractivity (Wildman–Crippen MR) is 47.8 cm³/mol. The van der Waals surface area contributed by atoms with Crippen molar-refractivity contribution >= 4 is 11.8 Å². The average Bonchev–Trinajstić information content (AvgIpc) is 2.55. The molecule has 0 aromatic heterocycles.